The standard InChI is InChI=1S/C8H8ClN/c9-7-2-1-6-3-4-10-8(7)5-6/h1-2,5,10H,3-4H2. The van der Waals surface area contributed by atoms with Crippen molar-refractivity contribution in [3.8, 4) is 0 Å². The second kappa shape index (κ2) is 2.17. The summed E-state index contributed by atoms with van der Waals surface area (Å²) in [7, 11) is 0. The fraction of sp³-hybridized carbons (Fsp3) is 0.250. The van der Waals surface area contributed by atoms with E-state index in [4.69, 9.17) is 11.6 Å². The minimum absolute atomic E-state index is 0.823. The van der Waals surface area contributed by atoms with Gasteiger partial charge in [0.1, 0.15) is 0 Å². The molecular weight excluding hydrogens is 146 g/mol. The van der Waals surface area contributed by atoms with Crippen LogP contribution < -0.4 is 5.32 Å². The van der Waals surface area contributed by atoms with Crippen LogP contribution in [0.3, 0.4) is 0 Å². The van der Waals surface area contributed by atoms with Gasteiger partial charge in [-0.3, -0.25) is 0 Å². The SMILES string of the molecule is Clc1ccc2cc1NCC2. The number of halogens is 1. The molecule has 0 unspecified atom stereocenters. The van der Waals surface area contributed by atoms with Crippen LogP contribution in [0.25, 0.3) is 0 Å². The van der Waals surface area contributed by atoms with E-state index in [2.05, 4.69) is 17.4 Å². The minimum atomic E-state index is 0.823. The lowest BCUT2D eigenvalue weighted by Crippen LogP contribution is -2.10. The van der Waals surface area contributed by atoms with E-state index in [-0.39, 0.29) is 0 Å². The lowest BCUT2D eigenvalue weighted by atomic mass is 10.1. The van der Waals surface area contributed by atoms with Crippen molar-refractivity contribution in [1.29, 1.82) is 0 Å². The van der Waals surface area contributed by atoms with Crippen molar-refractivity contribution in [3.05, 3.63) is 28.8 Å². The van der Waals surface area contributed by atoms with E-state index in [0.29, 0.717) is 0 Å². The second-order valence-corrected chi connectivity index (χ2v) is 2.90. The summed E-state index contributed by atoms with van der Waals surface area (Å²) < 4.78 is 0. The molecule has 0 saturated heterocycles. The molecule has 1 N–H and O–H groups in total. The highest BCUT2D eigenvalue weighted by molar-refractivity contribution is 6.33. The van der Waals surface area contributed by atoms with Crippen LogP contribution in [0.2, 0.25) is 5.02 Å². The summed E-state index contributed by atoms with van der Waals surface area (Å²) in [4.78, 5) is 0. The summed E-state index contributed by atoms with van der Waals surface area (Å²) in [5.74, 6) is 0. The minimum Gasteiger partial charge on any atom is -0.384 e. The van der Waals surface area contributed by atoms with Gasteiger partial charge in [-0.25, -0.2) is 0 Å². The predicted octanol–water partition coefficient (Wildman–Crippen LogP) is 2.31. The van der Waals surface area contributed by atoms with Crippen molar-refractivity contribution >= 4 is 17.3 Å². The van der Waals surface area contributed by atoms with Crippen molar-refractivity contribution in [2.45, 2.75) is 6.42 Å². The first-order valence-electron chi connectivity index (χ1n) is 3.38. The van der Waals surface area contributed by atoms with Gasteiger partial charge >= 0.3 is 0 Å². The van der Waals surface area contributed by atoms with Crippen LogP contribution in [0.4, 0.5) is 5.69 Å². The van der Waals surface area contributed by atoms with E-state index in [1.807, 2.05) is 6.07 Å². The zero-order chi connectivity index (χ0) is 6.97. The first-order chi connectivity index (χ1) is 4.86. The fourth-order valence-electron chi connectivity index (χ4n) is 1.20. The second-order valence-electron chi connectivity index (χ2n) is 2.49. The summed E-state index contributed by atoms with van der Waals surface area (Å²) in [6, 6.07) is 6.12. The lowest BCUT2D eigenvalue weighted by Gasteiger charge is -2.15. The topological polar surface area (TPSA) is 12.0 Å². The summed E-state index contributed by atoms with van der Waals surface area (Å²) in [6.07, 6.45) is 1.12. The Morgan fingerprint density at radius 1 is 1.40 bits per heavy atom. The molecule has 0 amide bonds. The number of nitrogens with one attached hydrogen (secondary N) is 1. The van der Waals surface area contributed by atoms with Crippen molar-refractivity contribution in [2.75, 3.05) is 11.9 Å². The Labute approximate surface area is 65.0 Å². The van der Waals surface area contributed by atoms with Gasteiger partial charge in [0.25, 0.3) is 0 Å². The molecule has 2 rings (SSSR count). The van der Waals surface area contributed by atoms with Gasteiger partial charge < -0.3 is 5.32 Å². The summed E-state index contributed by atoms with van der Waals surface area (Å²) in [6.45, 7) is 1.02. The monoisotopic (exact) mass is 153 g/mol. The Balaban J connectivity index is 2.56. The first-order valence-corrected chi connectivity index (χ1v) is 3.76. The van der Waals surface area contributed by atoms with Crippen molar-refractivity contribution < 1.29 is 0 Å². The summed E-state index contributed by atoms with van der Waals surface area (Å²) >= 11 is 5.87. The highest BCUT2D eigenvalue weighted by atomic mass is 35.5. The molecule has 0 fully saturated rings. The summed E-state index contributed by atoms with van der Waals surface area (Å²) in [5.41, 5.74) is 2.45. The molecule has 10 heavy (non-hydrogen) atoms. The molecule has 1 aliphatic rings. The molecule has 1 aromatic carbocycles. The third-order valence-corrected chi connectivity index (χ3v) is 2.09. The summed E-state index contributed by atoms with van der Waals surface area (Å²) in [5, 5.41) is 4.04. The first kappa shape index (κ1) is 6.05. The molecule has 52 valence electrons. The third kappa shape index (κ3) is 0.868. The molecule has 2 heteroatoms. The third-order valence-electron chi connectivity index (χ3n) is 1.76. The van der Waals surface area contributed by atoms with Gasteiger partial charge in [-0.2, -0.15) is 0 Å². The number of rotatable bonds is 0. The zero-order valence-corrected chi connectivity index (χ0v) is 6.28. The van der Waals surface area contributed by atoms with E-state index in [1.165, 1.54) is 5.56 Å². The van der Waals surface area contributed by atoms with Crippen molar-refractivity contribution in [2.24, 2.45) is 0 Å². The molecule has 0 atom stereocenters. The van der Waals surface area contributed by atoms with Crippen LogP contribution in [0.5, 0.6) is 0 Å². The van der Waals surface area contributed by atoms with Gasteiger partial charge in [-0.05, 0) is 24.1 Å². The Bertz CT molecular complexity index is 257. The largest absolute Gasteiger partial charge is 0.384 e. The molecule has 1 heterocycles. The molecule has 0 saturated carbocycles. The van der Waals surface area contributed by atoms with E-state index in [0.717, 1.165) is 23.7 Å². The molecule has 2 bridgehead atoms. The van der Waals surface area contributed by atoms with Crippen LogP contribution in [-0.2, 0) is 6.42 Å². The Morgan fingerprint density at radius 3 is 3.10 bits per heavy atom. The average molecular weight is 154 g/mol. The molecule has 0 radical (unpaired) electrons. The van der Waals surface area contributed by atoms with Crippen LogP contribution in [0.1, 0.15) is 5.56 Å². The number of benzene rings is 1. The quantitative estimate of drug-likeness (QED) is 0.603. The maximum Gasteiger partial charge on any atom is 0.0637 e. The van der Waals surface area contributed by atoms with Gasteiger partial charge in [-0.1, -0.05) is 17.7 Å². The van der Waals surface area contributed by atoms with Crippen LogP contribution in [0.15, 0.2) is 18.2 Å². The molecule has 0 spiro atoms. The number of hydrogen-bond acceptors (Lipinski definition) is 1. The molecule has 0 aromatic heterocycles. The van der Waals surface area contributed by atoms with Gasteiger partial charge in [0, 0.05) is 6.54 Å². The zero-order valence-electron chi connectivity index (χ0n) is 5.52. The van der Waals surface area contributed by atoms with Crippen LogP contribution >= 0.6 is 11.6 Å². The molecule has 1 aliphatic heterocycles. The van der Waals surface area contributed by atoms with Crippen molar-refractivity contribution in [1.82, 2.24) is 0 Å². The number of fused-ring (bicyclic) bond motifs is 2. The van der Waals surface area contributed by atoms with Gasteiger partial charge in [-0.15, -0.1) is 0 Å². The molecule has 1 nitrogen and oxygen atoms in total. The van der Waals surface area contributed by atoms with E-state index in [1.54, 1.807) is 0 Å². The van der Waals surface area contributed by atoms with E-state index < -0.39 is 0 Å². The maximum absolute atomic E-state index is 5.87. The normalized spacial score (nSPS) is 14.5. The molecule has 1 aromatic rings. The maximum atomic E-state index is 5.87. The predicted molar refractivity (Wildman–Crippen MR) is 43.6 cm³/mol. The lowest BCUT2D eigenvalue weighted by molar-refractivity contribution is 0.991. The molecule has 0 aliphatic carbocycles. The van der Waals surface area contributed by atoms with Gasteiger partial charge in [0.2, 0.25) is 0 Å². The Hall–Kier alpha value is -0.690. The number of anilines is 1. The van der Waals surface area contributed by atoms with E-state index >= 15 is 0 Å². The Morgan fingerprint density at radius 2 is 2.30 bits per heavy atom. The van der Waals surface area contributed by atoms with Crippen LogP contribution in [0, 0.1) is 0 Å². The van der Waals surface area contributed by atoms with Crippen molar-refractivity contribution in [3.63, 3.8) is 0 Å². The Kier molecular flexibility index (Phi) is 1.31. The fourth-order valence-corrected chi connectivity index (χ4v) is 1.39. The van der Waals surface area contributed by atoms with Gasteiger partial charge in [0.05, 0.1) is 10.7 Å². The smallest absolute Gasteiger partial charge is 0.0637 e. The molecular formula is C8H8ClN. The van der Waals surface area contributed by atoms with Crippen LogP contribution in [-0.4, -0.2) is 6.54 Å². The number of hydrogen-bond donors (Lipinski definition) is 1. The highest BCUT2D eigenvalue weighted by Crippen LogP contribution is 2.25. The highest BCUT2D eigenvalue weighted by Gasteiger charge is 2.05. The van der Waals surface area contributed by atoms with E-state index in [9.17, 15) is 0 Å². The average Bonchev–Trinajstić information content (AvgIpc) is 1.99. The van der Waals surface area contributed by atoms with Gasteiger partial charge in [0.15, 0.2) is 0 Å².